The second-order valence-electron chi connectivity index (χ2n) is 6.04. The first kappa shape index (κ1) is 15.4. The first-order valence-corrected chi connectivity index (χ1v) is 7.05. The van der Waals surface area contributed by atoms with Crippen LogP contribution in [0.25, 0.3) is 0 Å². The Kier molecular flexibility index (Phi) is 3.97. The third-order valence-electron chi connectivity index (χ3n) is 4.44. The zero-order valence-electron chi connectivity index (χ0n) is 12.5. The minimum absolute atomic E-state index is 0.256. The Bertz CT molecular complexity index is 443. The molecule has 8 nitrogen and oxygen atoms in total. The lowest BCUT2D eigenvalue weighted by Gasteiger charge is -2.57. The maximum Gasteiger partial charge on any atom is 0.318 e. The lowest BCUT2D eigenvalue weighted by atomic mass is 9.70. The Morgan fingerprint density at radius 3 is 2.24 bits per heavy atom. The number of nitrogens with one attached hydrogen (secondary N) is 4. The van der Waals surface area contributed by atoms with Crippen molar-refractivity contribution in [2.45, 2.75) is 51.4 Å². The van der Waals surface area contributed by atoms with Crippen LogP contribution in [0.5, 0.6) is 0 Å². The molecule has 2 aliphatic rings. The summed E-state index contributed by atoms with van der Waals surface area (Å²) in [5, 5.41) is 11.1. The molecule has 0 unspecified atom stereocenters. The van der Waals surface area contributed by atoms with Gasteiger partial charge in [0.25, 0.3) is 0 Å². The van der Waals surface area contributed by atoms with Gasteiger partial charge in [-0.25, -0.2) is 9.59 Å². The molecule has 2 aliphatic heterocycles. The molecule has 0 aromatic rings. The molecule has 2 saturated heterocycles. The summed E-state index contributed by atoms with van der Waals surface area (Å²) in [6, 6.07) is -0.639. The van der Waals surface area contributed by atoms with Gasteiger partial charge >= 0.3 is 18.0 Å². The summed E-state index contributed by atoms with van der Waals surface area (Å²) in [7, 11) is 1.36. The fraction of sp³-hybridized carbons (Fsp3) is 0.769. The van der Waals surface area contributed by atoms with Crippen molar-refractivity contribution < 1.29 is 19.1 Å². The van der Waals surface area contributed by atoms with Gasteiger partial charge in [-0.15, -0.1) is 0 Å². The van der Waals surface area contributed by atoms with Gasteiger partial charge in [0.05, 0.1) is 7.11 Å². The predicted molar refractivity (Wildman–Crippen MR) is 74.1 cm³/mol. The number of rotatable bonds is 5. The van der Waals surface area contributed by atoms with Gasteiger partial charge in [-0.1, -0.05) is 13.8 Å². The number of unbranched alkanes of at least 4 members (excludes halogenated alkanes) is 1. The van der Waals surface area contributed by atoms with Crippen LogP contribution in [0.15, 0.2) is 0 Å². The number of ether oxygens (including phenoxy) is 1. The fourth-order valence-corrected chi connectivity index (χ4v) is 2.93. The minimum atomic E-state index is -0.821. The number of fused-ring (bicyclic) bond motifs is 2. The second-order valence-corrected chi connectivity index (χ2v) is 6.04. The molecule has 8 heteroatoms. The Morgan fingerprint density at radius 1 is 1.14 bits per heavy atom. The Labute approximate surface area is 123 Å². The third-order valence-corrected chi connectivity index (χ3v) is 4.44. The molecule has 118 valence electrons. The summed E-state index contributed by atoms with van der Waals surface area (Å²) < 4.78 is 4.60. The standard InChI is InChI=1S/C13H22N4O4/c1-12(2)9-14-10(19)16-13(12,17-11(20)15-9)7-5-4-6-8(18)21-3/h9H,4-7H2,1-3H3,(H2,14,16,19)(H2,15,17,20). The number of esters is 1. The molecule has 0 spiro atoms. The van der Waals surface area contributed by atoms with Gasteiger partial charge in [-0.05, 0) is 19.3 Å². The maximum atomic E-state index is 11.8. The van der Waals surface area contributed by atoms with Crippen LogP contribution in [-0.2, 0) is 9.53 Å². The van der Waals surface area contributed by atoms with Crippen LogP contribution < -0.4 is 21.3 Å². The summed E-state index contributed by atoms with van der Waals surface area (Å²) in [6.45, 7) is 3.94. The van der Waals surface area contributed by atoms with Crippen molar-refractivity contribution in [1.82, 2.24) is 21.3 Å². The third kappa shape index (κ3) is 2.74. The van der Waals surface area contributed by atoms with Gasteiger partial charge in [-0.2, -0.15) is 0 Å². The summed E-state index contributed by atoms with van der Waals surface area (Å²) >= 11 is 0. The van der Waals surface area contributed by atoms with E-state index in [0.717, 1.165) is 0 Å². The van der Waals surface area contributed by atoms with Gasteiger partial charge in [0, 0.05) is 11.8 Å². The molecular formula is C13H22N4O4. The molecule has 0 aromatic carbocycles. The summed E-state index contributed by atoms with van der Waals surface area (Å²) in [4.78, 5) is 34.7. The smallest absolute Gasteiger partial charge is 0.318 e. The van der Waals surface area contributed by atoms with Crippen molar-refractivity contribution in [2.24, 2.45) is 5.41 Å². The number of carbonyl (C=O) groups excluding carboxylic acids is 3. The van der Waals surface area contributed by atoms with Crippen molar-refractivity contribution in [3.8, 4) is 0 Å². The highest BCUT2D eigenvalue weighted by Crippen LogP contribution is 2.39. The Hall–Kier alpha value is -1.99. The van der Waals surface area contributed by atoms with Crippen molar-refractivity contribution in [1.29, 1.82) is 0 Å². The molecule has 0 aliphatic carbocycles. The van der Waals surface area contributed by atoms with Crippen LogP contribution >= 0.6 is 0 Å². The van der Waals surface area contributed by atoms with Crippen molar-refractivity contribution in [3.63, 3.8) is 0 Å². The summed E-state index contributed by atoms with van der Waals surface area (Å²) in [5.74, 6) is -0.256. The van der Waals surface area contributed by atoms with E-state index in [2.05, 4.69) is 26.0 Å². The van der Waals surface area contributed by atoms with E-state index in [4.69, 9.17) is 0 Å². The second kappa shape index (κ2) is 5.42. The normalized spacial score (nSPS) is 29.6. The number of amides is 4. The van der Waals surface area contributed by atoms with Gasteiger partial charge in [0.1, 0.15) is 11.8 Å². The monoisotopic (exact) mass is 298 g/mol. The van der Waals surface area contributed by atoms with Crippen LogP contribution in [-0.4, -0.2) is 37.0 Å². The average Bonchev–Trinajstić information content (AvgIpc) is 2.38. The molecule has 0 saturated carbocycles. The lowest BCUT2D eigenvalue weighted by molar-refractivity contribution is -0.140. The molecule has 21 heavy (non-hydrogen) atoms. The van der Waals surface area contributed by atoms with E-state index in [9.17, 15) is 14.4 Å². The van der Waals surface area contributed by atoms with Crippen molar-refractivity contribution in [3.05, 3.63) is 0 Å². The molecule has 0 atom stereocenters. The number of hydrogen-bond donors (Lipinski definition) is 4. The van der Waals surface area contributed by atoms with Crippen LogP contribution in [0.4, 0.5) is 9.59 Å². The zero-order valence-corrected chi connectivity index (χ0v) is 12.5. The average molecular weight is 298 g/mol. The first-order valence-electron chi connectivity index (χ1n) is 7.05. The van der Waals surface area contributed by atoms with Gasteiger partial charge < -0.3 is 26.0 Å². The lowest BCUT2D eigenvalue weighted by Crippen LogP contribution is -2.85. The SMILES string of the molecule is COC(=O)CCCCC12NC(=O)NC(NC(=O)N1)C2(C)C. The summed E-state index contributed by atoms with van der Waals surface area (Å²) in [6.07, 6.45) is 1.78. The molecule has 4 amide bonds. The largest absolute Gasteiger partial charge is 0.469 e. The molecule has 2 rings (SSSR count). The number of methoxy groups -OCH3 is 1. The van der Waals surface area contributed by atoms with Crippen LogP contribution in [0.1, 0.15) is 39.5 Å². The van der Waals surface area contributed by atoms with E-state index < -0.39 is 17.2 Å². The van der Waals surface area contributed by atoms with Crippen LogP contribution in [0.2, 0.25) is 0 Å². The van der Waals surface area contributed by atoms with E-state index >= 15 is 0 Å². The first-order chi connectivity index (χ1) is 9.80. The van der Waals surface area contributed by atoms with Crippen LogP contribution in [0.3, 0.4) is 0 Å². The molecule has 2 heterocycles. The highest BCUT2D eigenvalue weighted by Gasteiger charge is 2.58. The Morgan fingerprint density at radius 2 is 1.71 bits per heavy atom. The van der Waals surface area contributed by atoms with E-state index in [1.165, 1.54) is 7.11 Å². The van der Waals surface area contributed by atoms with E-state index in [1.807, 2.05) is 13.8 Å². The molecule has 2 fully saturated rings. The summed E-state index contributed by atoms with van der Waals surface area (Å²) in [5.41, 5.74) is -1.24. The molecule has 4 N–H and O–H groups in total. The number of hydrogen-bond acceptors (Lipinski definition) is 4. The zero-order chi connectivity index (χ0) is 15.7. The fourth-order valence-electron chi connectivity index (χ4n) is 2.93. The van der Waals surface area contributed by atoms with E-state index in [0.29, 0.717) is 25.7 Å². The topological polar surface area (TPSA) is 109 Å². The molecule has 0 radical (unpaired) electrons. The van der Waals surface area contributed by atoms with E-state index in [1.54, 1.807) is 0 Å². The number of carbonyl (C=O) groups is 3. The maximum absolute atomic E-state index is 11.8. The Balaban J connectivity index is 2.06. The van der Waals surface area contributed by atoms with Gasteiger partial charge in [-0.3, -0.25) is 4.79 Å². The minimum Gasteiger partial charge on any atom is -0.469 e. The van der Waals surface area contributed by atoms with Crippen molar-refractivity contribution >= 4 is 18.0 Å². The van der Waals surface area contributed by atoms with Crippen molar-refractivity contribution in [2.75, 3.05) is 7.11 Å². The highest BCUT2D eigenvalue weighted by molar-refractivity contribution is 5.83. The predicted octanol–water partition coefficient (Wildman–Crippen LogP) is 0.394. The highest BCUT2D eigenvalue weighted by atomic mass is 16.5. The molecular weight excluding hydrogens is 276 g/mol. The van der Waals surface area contributed by atoms with Gasteiger partial charge in [0.2, 0.25) is 0 Å². The van der Waals surface area contributed by atoms with E-state index in [-0.39, 0.29) is 18.0 Å². The molecule has 2 bridgehead atoms. The van der Waals surface area contributed by atoms with Gasteiger partial charge in [0.15, 0.2) is 0 Å². The quantitative estimate of drug-likeness (QED) is 0.435. The molecule has 0 aromatic heterocycles. The number of urea groups is 2. The van der Waals surface area contributed by atoms with Crippen LogP contribution in [0, 0.1) is 5.41 Å².